The second kappa shape index (κ2) is 5.65. The highest BCUT2D eigenvalue weighted by atomic mass is 15.1. The van der Waals surface area contributed by atoms with Gasteiger partial charge in [0, 0.05) is 12.6 Å². The number of hydrogen-bond donors (Lipinski definition) is 1. The van der Waals surface area contributed by atoms with Crippen LogP contribution >= 0.6 is 0 Å². The summed E-state index contributed by atoms with van der Waals surface area (Å²) in [5.74, 6) is 0.941. The lowest BCUT2D eigenvalue weighted by Gasteiger charge is -2.24. The van der Waals surface area contributed by atoms with E-state index in [1.165, 1.54) is 24.0 Å². The Bertz CT molecular complexity index is 340. The maximum atomic E-state index is 5.55. The molecule has 1 atom stereocenters. The number of nitrogens with zero attached hydrogens (tertiary/aromatic N) is 1. The molecule has 1 aromatic rings. The van der Waals surface area contributed by atoms with E-state index < -0.39 is 0 Å². The van der Waals surface area contributed by atoms with Crippen LogP contribution in [-0.2, 0) is 13.0 Å². The predicted molar refractivity (Wildman–Crippen MR) is 72.9 cm³/mol. The van der Waals surface area contributed by atoms with Crippen molar-refractivity contribution in [1.29, 1.82) is 0 Å². The average Bonchev–Trinajstić information content (AvgIpc) is 3.15. The van der Waals surface area contributed by atoms with Gasteiger partial charge < -0.3 is 5.73 Å². The fourth-order valence-electron chi connectivity index (χ4n) is 2.35. The first-order valence-corrected chi connectivity index (χ1v) is 6.69. The summed E-state index contributed by atoms with van der Waals surface area (Å²) < 4.78 is 0. The van der Waals surface area contributed by atoms with Crippen LogP contribution in [0.4, 0.5) is 0 Å². The molecule has 94 valence electrons. The summed E-state index contributed by atoms with van der Waals surface area (Å²) in [5, 5.41) is 0. The van der Waals surface area contributed by atoms with Crippen LogP contribution in [0.15, 0.2) is 24.3 Å². The first-order valence-electron chi connectivity index (χ1n) is 6.69. The molecule has 2 heteroatoms. The topological polar surface area (TPSA) is 29.3 Å². The first kappa shape index (κ1) is 12.6. The molecule has 2 rings (SSSR count). The number of nitrogens with two attached hydrogens (primary N) is 1. The SMILES string of the molecule is CC(C1CC1)N(C)Cc1ccc(CCN)cc1. The van der Waals surface area contributed by atoms with Gasteiger partial charge in [-0.2, -0.15) is 0 Å². The van der Waals surface area contributed by atoms with Gasteiger partial charge in [-0.3, -0.25) is 4.90 Å². The second-order valence-electron chi connectivity index (χ2n) is 5.35. The molecule has 1 saturated carbocycles. The minimum atomic E-state index is 0.721. The maximum Gasteiger partial charge on any atom is 0.0233 e. The fourth-order valence-corrected chi connectivity index (χ4v) is 2.35. The van der Waals surface area contributed by atoms with Gasteiger partial charge in [0.2, 0.25) is 0 Å². The minimum Gasteiger partial charge on any atom is -0.330 e. The molecule has 0 aromatic heterocycles. The van der Waals surface area contributed by atoms with Gasteiger partial charge in [-0.25, -0.2) is 0 Å². The van der Waals surface area contributed by atoms with Gasteiger partial charge in [0.05, 0.1) is 0 Å². The lowest BCUT2D eigenvalue weighted by atomic mass is 10.1. The molecule has 0 amide bonds. The van der Waals surface area contributed by atoms with E-state index >= 15 is 0 Å². The Labute approximate surface area is 105 Å². The summed E-state index contributed by atoms with van der Waals surface area (Å²) in [7, 11) is 2.23. The Balaban J connectivity index is 1.88. The van der Waals surface area contributed by atoms with Crippen molar-refractivity contribution in [1.82, 2.24) is 4.90 Å². The van der Waals surface area contributed by atoms with Crippen LogP contribution in [0.5, 0.6) is 0 Å². The van der Waals surface area contributed by atoms with E-state index in [0.29, 0.717) is 0 Å². The van der Waals surface area contributed by atoms with Gasteiger partial charge in [0.15, 0.2) is 0 Å². The molecule has 1 unspecified atom stereocenters. The van der Waals surface area contributed by atoms with Crippen LogP contribution in [0.3, 0.4) is 0 Å². The summed E-state index contributed by atoms with van der Waals surface area (Å²) in [6, 6.07) is 9.61. The quantitative estimate of drug-likeness (QED) is 0.816. The van der Waals surface area contributed by atoms with Crippen LogP contribution in [-0.4, -0.2) is 24.5 Å². The Kier molecular flexibility index (Phi) is 4.19. The Hall–Kier alpha value is -0.860. The van der Waals surface area contributed by atoms with Crippen molar-refractivity contribution in [3.8, 4) is 0 Å². The highest BCUT2D eigenvalue weighted by Crippen LogP contribution is 2.35. The third-order valence-corrected chi connectivity index (χ3v) is 3.89. The van der Waals surface area contributed by atoms with E-state index in [9.17, 15) is 0 Å². The monoisotopic (exact) mass is 232 g/mol. The van der Waals surface area contributed by atoms with Crippen molar-refractivity contribution in [3.05, 3.63) is 35.4 Å². The molecular formula is C15H24N2. The molecule has 0 saturated heterocycles. The molecule has 0 spiro atoms. The van der Waals surface area contributed by atoms with Crippen molar-refractivity contribution >= 4 is 0 Å². The van der Waals surface area contributed by atoms with E-state index in [4.69, 9.17) is 5.73 Å². The van der Waals surface area contributed by atoms with Gasteiger partial charge >= 0.3 is 0 Å². The van der Waals surface area contributed by atoms with Crippen molar-refractivity contribution < 1.29 is 0 Å². The van der Waals surface area contributed by atoms with Crippen LogP contribution in [0.25, 0.3) is 0 Å². The lowest BCUT2D eigenvalue weighted by Crippen LogP contribution is -2.30. The van der Waals surface area contributed by atoms with E-state index in [0.717, 1.165) is 31.5 Å². The summed E-state index contributed by atoms with van der Waals surface area (Å²) >= 11 is 0. The second-order valence-corrected chi connectivity index (χ2v) is 5.35. The summed E-state index contributed by atoms with van der Waals surface area (Å²) in [4.78, 5) is 2.47. The van der Waals surface area contributed by atoms with E-state index in [1.54, 1.807) is 0 Å². The molecule has 1 fully saturated rings. The highest BCUT2D eigenvalue weighted by Gasteiger charge is 2.30. The average molecular weight is 232 g/mol. The Morgan fingerprint density at radius 1 is 1.24 bits per heavy atom. The third-order valence-electron chi connectivity index (χ3n) is 3.89. The van der Waals surface area contributed by atoms with Gasteiger partial charge in [-0.05, 0) is 56.8 Å². The van der Waals surface area contributed by atoms with E-state index in [2.05, 4.69) is 43.1 Å². The van der Waals surface area contributed by atoms with E-state index in [1.807, 2.05) is 0 Å². The molecule has 17 heavy (non-hydrogen) atoms. The van der Waals surface area contributed by atoms with Gasteiger partial charge in [-0.1, -0.05) is 24.3 Å². The highest BCUT2D eigenvalue weighted by molar-refractivity contribution is 5.22. The standard InChI is InChI=1S/C15H24N2/c1-12(15-7-8-15)17(2)11-14-5-3-13(4-6-14)9-10-16/h3-6,12,15H,7-11,16H2,1-2H3. The zero-order valence-electron chi connectivity index (χ0n) is 11.0. The molecule has 0 heterocycles. The van der Waals surface area contributed by atoms with Gasteiger partial charge in [-0.15, -0.1) is 0 Å². The van der Waals surface area contributed by atoms with Gasteiger partial charge in [0.1, 0.15) is 0 Å². The molecule has 1 aliphatic rings. The molecule has 1 aliphatic carbocycles. The third kappa shape index (κ3) is 3.55. The molecule has 0 aliphatic heterocycles. The number of hydrogen-bond acceptors (Lipinski definition) is 2. The van der Waals surface area contributed by atoms with Crippen LogP contribution in [0.2, 0.25) is 0 Å². The van der Waals surface area contributed by atoms with Crippen molar-refractivity contribution in [2.45, 2.75) is 38.8 Å². The fraction of sp³-hybridized carbons (Fsp3) is 0.600. The maximum absolute atomic E-state index is 5.55. The molecule has 2 N–H and O–H groups in total. The summed E-state index contributed by atoms with van der Waals surface area (Å²) in [6.45, 7) is 4.14. The van der Waals surface area contributed by atoms with Crippen LogP contribution in [0, 0.1) is 5.92 Å². The van der Waals surface area contributed by atoms with Crippen molar-refractivity contribution in [3.63, 3.8) is 0 Å². The molecule has 0 bridgehead atoms. The molecule has 0 radical (unpaired) electrons. The Morgan fingerprint density at radius 3 is 2.35 bits per heavy atom. The van der Waals surface area contributed by atoms with Crippen LogP contribution in [0.1, 0.15) is 30.9 Å². The molecular weight excluding hydrogens is 208 g/mol. The van der Waals surface area contributed by atoms with Crippen molar-refractivity contribution in [2.75, 3.05) is 13.6 Å². The summed E-state index contributed by atoms with van der Waals surface area (Å²) in [6.07, 6.45) is 3.82. The number of rotatable bonds is 6. The van der Waals surface area contributed by atoms with E-state index in [-0.39, 0.29) is 0 Å². The predicted octanol–water partition coefficient (Wildman–Crippen LogP) is 2.42. The zero-order chi connectivity index (χ0) is 12.3. The smallest absolute Gasteiger partial charge is 0.0233 e. The van der Waals surface area contributed by atoms with Crippen molar-refractivity contribution in [2.24, 2.45) is 11.7 Å². The summed E-state index contributed by atoms with van der Waals surface area (Å²) in [5.41, 5.74) is 8.30. The minimum absolute atomic E-state index is 0.721. The normalized spacial score (nSPS) is 17.4. The molecule has 2 nitrogen and oxygen atoms in total. The zero-order valence-corrected chi connectivity index (χ0v) is 11.0. The first-order chi connectivity index (χ1) is 8.20. The van der Waals surface area contributed by atoms with Gasteiger partial charge in [0.25, 0.3) is 0 Å². The lowest BCUT2D eigenvalue weighted by molar-refractivity contribution is 0.226. The van der Waals surface area contributed by atoms with Crippen LogP contribution < -0.4 is 5.73 Å². The number of benzene rings is 1. The molecule has 1 aromatic carbocycles. The Morgan fingerprint density at radius 2 is 1.82 bits per heavy atom. The largest absolute Gasteiger partial charge is 0.330 e.